The molecule has 0 spiro atoms. The van der Waals surface area contributed by atoms with Gasteiger partial charge >= 0.3 is 12.2 Å². The number of halogens is 4. The molecule has 0 saturated carbocycles. The van der Waals surface area contributed by atoms with E-state index in [4.69, 9.17) is 16.3 Å². The standard InChI is InChI=1S/C19H21ClF3N5O3/c1-31-14-4-2-13(3-5-14)28-18(30)26-7-6-16(29)24-8-9-25-17-15(20)10-12(11-27-17)19(21,22)23/h2-5,10-11H,6-9H2,1H3,(H,24,29)(H,25,27)(H2,26,28,30)/p+1. The van der Waals surface area contributed by atoms with Crippen molar-refractivity contribution < 1.29 is 32.5 Å². The predicted molar refractivity (Wildman–Crippen MR) is 109 cm³/mol. The number of rotatable bonds is 9. The van der Waals surface area contributed by atoms with Gasteiger partial charge in [-0.05, 0) is 30.3 Å². The molecule has 0 saturated heterocycles. The largest absolute Gasteiger partial charge is 0.497 e. The third-order valence-electron chi connectivity index (χ3n) is 3.95. The molecule has 3 amide bonds. The minimum absolute atomic E-state index is 0.0587. The summed E-state index contributed by atoms with van der Waals surface area (Å²) in [7, 11) is 1.54. The van der Waals surface area contributed by atoms with Crippen LogP contribution in [0.2, 0.25) is 5.02 Å². The van der Waals surface area contributed by atoms with Gasteiger partial charge in [-0.2, -0.15) is 13.2 Å². The maximum atomic E-state index is 12.6. The molecule has 0 radical (unpaired) electrons. The summed E-state index contributed by atoms with van der Waals surface area (Å²) >= 11 is 5.81. The first-order valence-corrected chi connectivity index (χ1v) is 9.54. The summed E-state index contributed by atoms with van der Waals surface area (Å²) in [5.74, 6) is 0.574. The number of aromatic nitrogens is 1. The molecule has 0 atom stereocenters. The molecule has 1 heterocycles. The average molecular weight is 461 g/mol. The van der Waals surface area contributed by atoms with Gasteiger partial charge in [-0.15, -0.1) is 0 Å². The van der Waals surface area contributed by atoms with E-state index in [2.05, 4.69) is 26.3 Å². The number of methoxy groups -OCH3 is 1. The maximum Gasteiger partial charge on any atom is 0.419 e. The molecule has 168 valence electrons. The minimum atomic E-state index is -4.49. The number of anilines is 2. The van der Waals surface area contributed by atoms with Gasteiger partial charge in [0.25, 0.3) is 5.82 Å². The molecule has 2 rings (SSSR count). The zero-order valence-corrected chi connectivity index (χ0v) is 17.3. The summed E-state index contributed by atoms with van der Waals surface area (Å²) in [6.07, 6.45) is -3.63. The lowest BCUT2D eigenvalue weighted by Crippen LogP contribution is -2.35. The fraction of sp³-hybridized carbons (Fsp3) is 0.316. The van der Waals surface area contributed by atoms with E-state index in [-0.39, 0.29) is 42.8 Å². The Morgan fingerprint density at radius 3 is 2.42 bits per heavy atom. The van der Waals surface area contributed by atoms with Gasteiger partial charge in [0.05, 0.1) is 19.2 Å². The Hall–Kier alpha value is -3.21. The van der Waals surface area contributed by atoms with Gasteiger partial charge in [-0.25, -0.2) is 9.78 Å². The lowest BCUT2D eigenvalue weighted by molar-refractivity contribution is -0.364. The predicted octanol–water partition coefficient (Wildman–Crippen LogP) is 2.92. The van der Waals surface area contributed by atoms with Crippen molar-refractivity contribution in [3.8, 4) is 5.75 Å². The summed E-state index contributed by atoms with van der Waals surface area (Å²) in [5, 5.41) is 10.5. The van der Waals surface area contributed by atoms with E-state index < -0.39 is 17.8 Å². The number of carbonyl (C=O) groups is 2. The van der Waals surface area contributed by atoms with E-state index in [0.717, 1.165) is 12.3 Å². The molecule has 0 unspecified atom stereocenters. The SMILES string of the molecule is COc1ccc(NC(=O)NCCC(=O)NCCNc2[nH+]cc(C(F)(F)F)cc2Cl)cc1. The molecule has 0 aliphatic carbocycles. The third kappa shape index (κ3) is 8.21. The van der Waals surface area contributed by atoms with Crippen molar-refractivity contribution in [1.82, 2.24) is 10.6 Å². The maximum absolute atomic E-state index is 12.6. The van der Waals surface area contributed by atoms with Gasteiger partial charge in [0.15, 0.2) is 0 Å². The van der Waals surface area contributed by atoms with Crippen molar-refractivity contribution in [2.75, 3.05) is 37.4 Å². The fourth-order valence-electron chi connectivity index (χ4n) is 2.39. The number of benzene rings is 1. The summed E-state index contributed by atoms with van der Waals surface area (Å²) < 4.78 is 42.8. The fourth-order valence-corrected chi connectivity index (χ4v) is 2.62. The zero-order chi connectivity index (χ0) is 22.9. The van der Waals surface area contributed by atoms with E-state index in [9.17, 15) is 22.8 Å². The number of amides is 3. The molecular formula is C19H22ClF3N5O3+. The smallest absolute Gasteiger partial charge is 0.419 e. The summed E-state index contributed by atoms with van der Waals surface area (Å²) in [6, 6.07) is 7.12. The Labute approximate surface area is 181 Å². The third-order valence-corrected chi connectivity index (χ3v) is 4.25. The summed E-state index contributed by atoms with van der Waals surface area (Å²) in [6.45, 7) is 0.570. The Kier molecular flexibility index (Phi) is 8.74. The first kappa shape index (κ1) is 24.1. The van der Waals surface area contributed by atoms with Crippen LogP contribution in [-0.2, 0) is 11.0 Å². The first-order valence-electron chi connectivity index (χ1n) is 9.17. The number of hydrogen-bond acceptors (Lipinski definition) is 4. The van der Waals surface area contributed by atoms with Crippen LogP contribution >= 0.6 is 11.6 Å². The summed E-state index contributed by atoms with van der Waals surface area (Å²) in [5.41, 5.74) is -0.313. The van der Waals surface area contributed by atoms with E-state index in [1.807, 2.05) is 0 Å². The van der Waals surface area contributed by atoms with Crippen LogP contribution in [0.3, 0.4) is 0 Å². The van der Waals surface area contributed by atoms with E-state index in [0.29, 0.717) is 11.4 Å². The van der Waals surface area contributed by atoms with Gasteiger partial charge in [0.1, 0.15) is 23.5 Å². The number of aromatic amines is 1. The molecule has 2 aromatic rings. The monoisotopic (exact) mass is 460 g/mol. The first-order chi connectivity index (χ1) is 14.7. The van der Waals surface area contributed by atoms with Crippen LogP contribution in [0.15, 0.2) is 36.5 Å². The minimum Gasteiger partial charge on any atom is -0.497 e. The molecule has 1 aromatic carbocycles. The number of alkyl halides is 3. The highest BCUT2D eigenvalue weighted by atomic mass is 35.5. The molecule has 12 heteroatoms. The van der Waals surface area contributed by atoms with Gasteiger partial charge < -0.3 is 20.7 Å². The van der Waals surface area contributed by atoms with Crippen molar-refractivity contribution in [1.29, 1.82) is 0 Å². The molecule has 1 aromatic heterocycles. The molecule has 0 aliphatic heterocycles. The van der Waals surface area contributed by atoms with Crippen LogP contribution in [-0.4, -0.2) is 38.7 Å². The van der Waals surface area contributed by atoms with Crippen LogP contribution in [0.1, 0.15) is 12.0 Å². The van der Waals surface area contributed by atoms with Crippen LogP contribution in [0.4, 0.5) is 29.5 Å². The van der Waals surface area contributed by atoms with Gasteiger partial charge in [0, 0.05) is 18.7 Å². The molecular weight excluding hydrogens is 439 g/mol. The van der Waals surface area contributed by atoms with Crippen molar-refractivity contribution in [2.24, 2.45) is 0 Å². The van der Waals surface area contributed by atoms with Gasteiger partial charge in [-0.1, -0.05) is 11.6 Å². The second-order valence-electron chi connectivity index (χ2n) is 6.25. The molecule has 0 aliphatic rings. The second kappa shape index (κ2) is 11.3. The van der Waals surface area contributed by atoms with Crippen molar-refractivity contribution in [3.63, 3.8) is 0 Å². The molecule has 5 N–H and O–H groups in total. The molecule has 0 fully saturated rings. The van der Waals surface area contributed by atoms with E-state index in [1.54, 1.807) is 31.4 Å². The number of hydrogen-bond donors (Lipinski definition) is 4. The Balaban J connectivity index is 1.62. The molecule has 0 bridgehead atoms. The number of carbonyl (C=O) groups excluding carboxylic acids is 2. The normalized spacial score (nSPS) is 10.9. The average Bonchev–Trinajstić information content (AvgIpc) is 2.72. The topological polar surface area (TPSA) is 106 Å². The highest BCUT2D eigenvalue weighted by molar-refractivity contribution is 6.32. The van der Waals surface area contributed by atoms with Crippen LogP contribution < -0.4 is 31.0 Å². The summed E-state index contributed by atoms with van der Waals surface area (Å²) in [4.78, 5) is 26.0. The van der Waals surface area contributed by atoms with E-state index >= 15 is 0 Å². The number of nitrogens with one attached hydrogen (secondary N) is 5. The van der Waals surface area contributed by atoms with Crippen molar-refractivity contribution in [2.45, 2.75) is 12.6 Å². The van der Waals surface area contributed by atoms with Crippen molar-refractivity contribution >= 4 is 35.0 Å². The quantitative estimate of drug-likeness (QED) is 0.432. The number of ether oxygens (including phenoxy) is 1. The Morgan fingerprint density at radius 1 is 1.10 bits per heavy atom. The Bertz CT molecular complexity index is 894. The molecule has 31 heavy (non-hydrogen) atoms. The van der Waals surface area contributed by atoms with Crippen LogP contribution in [0.25, 0.3) is 0 Å². The van der Waals surface area contributed by atoms with Crippen LogP contribution in [0, 0.1) is 0 Å². The Morgan fingerprint density at radius 2 is 1.81 bits per heavy atom. The molecule has 8 nitrogen and oxygen atoms in total. The van der Waals surface area contributed by atoms with Crippen LogP contribution in [0.5, 0.6) is 5.75 Å². The highest BCUT2D eigenvalue weighted by Gasteiger charge is 2.32. The number of urea groups is 1. The lowest BCUT2D eigenvalue weighted by Gasteiger charge is -2.09. The van der Waals surface area contributed by atoms with E-state index in [1.165, 1.54) is 0 Å². The van der Waals surface area contributed by atoms with Gasteiger partial charge in [0.2, 0.25) is 5.91 Å². The highest BCUT2D eigenvalue weighted by Crippen LogP contribution is 2.31. The van der Waals surface area contributed by atoms with Crippen molar-refractivity contribution in [3.05, 3.63) is 47.1 Å². The van der Waals surface area contributed by atoms with Gasteiger partial charge in [-0.3, -0.25) is 10.1 Å². The lowest BCUT2D eigenvalue weighted by atomic mass is 10.3. The zero-order valence-electron chi connectivity index (χ0n) is 16.5. The number of pyridine rings is 1. The second-order valence-corrected chi connectivity index (χ2v) is 6.65. The number of H-pyrrole nitrogens is 1.